The Morgan fingerprint density at radius 1 is 1.12 bits per heavy atom. The summed E-state index contributed by atoms with van der Waals surface area (Å²) in [6.07, 6.45) is 0. The summed E-state index contributed by atoms with van der Waals surface area (Å²) in [5, 5.41) is 19.4. The molecule has 1 aromatic heterocycles. The Hall–Kier alpha value is -3.08. The minimum absolute atomic E-state index is 0.193. The highest BCUT2D eigenvalue weighted by Crippen LogP contribution is 2.33. The van der Waals surface area contributed by atoms with Crippen LogP contribution >= 0.6 is 0 Å². The van der Waals surface area contributed by atoms with Crippen LogP contribution in [0.1, 0.15) is 23.9 Å². The van der Waals surface area contributed by atoms with Crippen LogP contribution in [0, 0.1) is 19.3 Å². The van der Waals surface area contributed by atoms with Crippen molar-refractivity contribution in [3.05, 3.63) is 65.2 Å². The van der Waals surface area contributed by atoms with Crippen LogP contribution in [0.2, 0.25) is 0 Å². The first-order valence-corrected chi connectivity index (χ1v) is 8.82. The van der Waals surface area contributed by atoms with Crippen molar-refractivity contribution in [2.75, 3.05) is 11.4 Å². The maximum absolute atomic E-state index is 10.7. The van der Waals surface area contributed by atoms with Gasteiger partial charge in [0.1, 0.15) is 17.4 Å². The number of imidazole rings is 1. The number of aryl methyl sites for hydroxylation is 3. The second-order valence-corrected chi connectivity index (χ2v) is 6.69. The number of amidine groups is 1. The van der Waals surface area contributed by atoms with Crippen LogP contribution < -0.4 is 4.90 Å². The lowest BCUT2D eigenvalue weighted by molar-refractivity contribution is 0.411. The summed E-state index contributed by atoms with van der Waals surface area (Å²) in [7, 11) is 0. The third kappa shape index (κ3) is 2.39. The smallest absolute Gasteiger partial charge is 0.148 e. The second-order valence-electron chi connectivity index (χ2n) is 6.69. The van der Waals surface area contributed by atoms with Crippen LogP contribution in [0.25, 0.3) is 16.6 Å². The van der Waals surface area contributed by atoms with Crippen molar-refractivity contribution in [2.45, 2.75) is 27.3 Å². The lowest BCUT2D eigenvalue weighted by Crippen LogP contribution is -2.26. The molecule has 3 aromatic rings. The normalized spacial score (nSPS) is 14.7. The summed E-state index contributed by atoms with van der Waals surface area (Å²) >= 11 is 0. The highest BCUT2D eigenvalue weighted by molar-refractivity contribution is 6.30. The molecule has 0 bridgehead atoms. The quantitative estimate of drug-likeness (QED) is 0.737. The third-order valence-corrected chi connectivity index (χ3v) is 5.10. The zero-order valence-corrected chi connectivity index (χ0v) is 15.2. The van der Waals surface area contributed by atoms with Crippen LogP contribution in [0.15, 0.2) is 48.2 Å². The van der Waals surface area contributed by atoms with Gasteiger partial charge >= 0.3 is 0 Å². The number of hydrogen-bond donors (Lipinski definition) is 2. The Morgan fingerprint density at radius 3 is 2.62 bits per heavy atom. The van der Waals surface area contributed by atoms with Crippen molar-refractivity contribution >= 4 is 28.1 Å². The van der Waals surface area contributed by atoms with Crippen molar-refractivity contribution in [2.24, 2.45) is 0 Å². The fourth-order valence-corrected chi connectivity index (χ4v) is 3.51. The first-order valence-electron chi connectivity index (χ1n) is 8.82. The zero-order chi connectivity index (χ0) is 18.4. The lowest BCUT2D eigenvalue weighted by atomic mass is 10.1. The van der Waals surface area contributed by atoms with Crippen LogP contribution in [-0.4, -0.2) is 27.0 Å². The van der Waals surface area contributed by atoms with E-state index in [0.29, 0.717) is 17.9 Å². The van der Waals surface area contributed by atoms with Gasteiger partial charge in [0.15, 0.2) is 0 Å². The molecule has 5 nitrogen and oxygen atoms in total. The van der Waals surface area contributed by atoms with E-state index in [1.807, 2.05) is 41.3 Å². The molecule has 0 radical (unpaired) electrons. The molecule has 0 saturated carbocycles. The molecule has 2 heterocycles. The highest BCUT2D eigenvalue weighted by Gasteiger charge is 2.32. The van der Waals surface area contributed by atoms with Gasteiger partial charge in [-0.1, -0.05) is 18.2 Å². The summed E-state index contributed by atoms with van der Waals surface area (Å²) in [5.41, 5.74) is 5.71. The molecule has 4 rings (SSSR count). The van der Waals surface area contributed by atoms with Crippen molar-refractivity contribution in [3.8, 4) is 0 Å². The molecule has 1 aliphatic rings. The van der Waals surface area contributed by atoms with Crippen molar-refractivity contribution < 1.29 is 5.11 Å². The van der Waals surface area contributed by atoms with E-state index in [0.717, 1.165) is 23.3 Å². The molecule has 2 aromatic carbocycles. The van der Waals surface area contributed by atoms with Gasteiger partial charge in [-0.15, -0.1) is 0 Å². The molecular weight excluding hydrogens is 324 g/mol. The van der Waals surface area contributed by atoms with Gasteiger partial charge in [-0.2, -0.15) is 0 Å². The number of benzene rings is 2. The Kier molecular flexibility index (Phi) is 3.80. The average molecular weight is 346 g/mol. The minimum atomic E-state index is 0.193. The molecular formula is C21H22N4O. The number of nitrogens with zero attached hydrogens (tertiary/aromatic N) is 3. The molecule has 5 heteroatoms. The molecule has 1 aliphatic heterocycles. The Labute approximate surface area is 152 Å². The number of aromatic nitrogens is 2. The van der Waals surface area contributed by atoms with Gasteiger partial charge in [0.05, 0.1) is 23.2 Å². The van der Waals surface area contributed by atoms with Gasteiger partial charge in [-0.05, 0) is 56.2 Å². The first-order chi connectivity index (χ1) is 12.5. The van der Waals surface area contributed by atoms with E-state index in [9.17, 15) is 5.11 Å². The Bertz CT molecular complexity index is 1060. The number of anilines is 1. The van der Waals surface area contributed by atoms with Crippen molar-refractivity contribution in [1.29, 1.82) is 5.41 Å². The summed E-state index contributed by atoms with van der Waals surface area (Å²) in [6.45, 7) is 7.20. The molecule has 2 N–H and O–H groups in total. The number of rotatable bonds is 3. The number of aliphatic hydroxyl groups excluding tert-OH is 1. The molecule has 0 aliphatic carbocycles. The van der Waals surface area contributed by atoms with Crippen LogP contribution in [0.4, 0.5) is 5.69 Å². The first kappa shape index (κ1) is 16.4. The Morgan fingerprint density at radius 2 is 1.88 bits per heavy atom. The number of hydrogen-bond acceptors (Lipinski definition) is 3. The van der Waals surface area contributed by atoms with Crippen LogP contribution in [-0.2, 0) is 6.54 Å². The summed E-state index contributed by atoms with van der Waals surface area (Å²) in [5.74, 6) is 1.14. The van der Waals surface area contributed by atoms with E-state index in [1.165, 1.54) is 11.1 Å². The third-order valence-electron chi connectivity index (χ3n) is 5.10. The van der Waals surface area contributed by atoms with Crippen molar-refractivity contribution in [3.63, 3.8) is 0 Å². The number of nitrogens with one attached hydrogen (secondary N) is 1. The van der Waals surface area contributed by atoms with Gasteiger partial charge in [0, 0.05) is 12.2 Å². The summed E-state index contributed by atoms with van der Waals surface area (Å²) in [6, 6.07) is 14.0. The maximum Gasteiger partial charge on any atom is 0.148 e. The standard InChI is InChI=1S/C21H22N4O/c1-4-24-17-8-6-5-7-16(17)23-21(24)19-18(26)12-25(20(19)22)15-10-9-13(2)14(3)11-15/h5-11,22,26H,4,12H2,1-3H3. The topological polar surface area (TPSA) is 65.1 Å². The molecule has 26 heavy (non-hydrogen) atoms. The van der Waals surface area contributed by atoms with Gasteiger partial charge in [0.2, 0.25) is 0 Å². The van der Waals surface area contributed by atoms with Gasteiger partial charge in [0.25, 0.3) is 0 Å². The number of para-hydroxylation sites is 2. The molecule has 0 atom stereocenters. The minimum Gasteiger partial charge on any atom is -0.509 e. The van der Waals surface area contributed by atoms with Gasteiger partial charge in [-0.3, -0.25) is 5.41 Å². The molecule has 0 amide bonds. The average Bonchev–Trinajstić information content (AvgIpc) is 3.13. The van der Waals surface area contributed by atoms with E-state index in [4.69, 9.17) is 10.4 Å². The van der Waals surface area contributed by atoms with E-state index < -0.39 is 0 Å². The molecule has 0 spiro atoms. The van der Waals surface area contributed by atoms with E-state index in [2.05, 4.69) is 31.4 Å². The van der Waals surface area contributed by atoms with Gasteiger partial charge < -0.3 is 14.6 Å². The van der Waals surface area contributed by atoms with E-state index in [-0.39, 0.29) is 11.6 Å². The monoisotopic (exact) mass is 346 g/mol. The fourth-order valence-electron chi connectivity index (χ4n) is 3.51. The zero-order valence-electron chi connectivity index (χ0n) is 15.2. The van der Waals surface area contributed by atoms with E-state index in [1.54, 1.807) is 0 Å². The number of fused-ring (bicyclic) bond motifs is 1. The number of aliphatic hydroxyl groups is 1. The Balaban J connectivity index is 1.79. The molecule has 132 valence electrons. The summed E-state index contributed by atoms with van der Waals surface area (Å²) in [4.78, 5) is 6.53. The molecule has 0 saturated heterocycles. The lowest BCUT2D eigenvalue weighted by Gasteiger charge is -2.20. The highest BCUT2D eigenvalue weighted by atomic mass is 16.3. The van der Waals surface area contributed by atoms with Crippen LogP contribution in [0.5, 0.6) is 0 Å². The molecule has 0 fully saturated rings. The SMILES string of the molecule is CCn1c(C2=C(O)CN(c3ccc(C)c(C)c3)C2=N)nc2ccccc21. The van der Waals surface area contributed by atoms with Gasteiger partial charge in [-0.25, -0.2) is 4.98 Å². The second kappa shape index (κ2) is 6.02. The van der Waals surface area contributed by atoms with Crippen molar-refractivity contribution in [1.82, 2.24) is 9.55 Å². The van der Waals surface area contributed by atoms with Crippen LogP contribution in [0.3, 0.4) is 0 Å². The fraction of sp³-hybridized carbons (Fsp3) is 0.238. The van der Waals surface area contributed by atoms with E-state index >= 15 is 0 Å². The molecule has 0 unspecified atom stereocenters. The summed E-state index contributed by atoms with van der Waals surface area (Å²) < 4.78 is 2.05. The largest absolute Gasteiger partial charge is 0.509 e. The predicted octanol–water partition coefficient (Wildman–Crippen LogP) is 4.44. The predicted molar refractivity (Wildman–Crippen MR) is 106 cm³/mol. The maximum atomic E-state index is 10.7.